The Kier molecular flexibility index (Phi) is 3.25. The molecule has 114 valence electrons. The van der Waals surface area contributed by atoms with Crippen LogP contribution >= 0.6 is 0 Å². The maximum Gasteiger partial charge on any atom is 0.217 e. The van der Waals surface area contributed by atoms with E-state index in [4.69, 9.17) is 0 Å². The van der Waals surface area contributed by atoms with Crippen molar-refractivity contribution in [2.75, 3.05) is 11.4 Å². The fourth-order valence-corrected chi connectivity index (χ4v) is 3.95. The average molecular weight is 295 g/mol. The topological polar surface area (TPSA) is 49.2 Å². The number of nitrogens with zero attached hydrogens (tertiary/aromatic N) is 3. The molecule has 0 saturated heterocycles. The maximum atomic E-state index is 9.88. The van der Waals surface area contributed by atoms with Gasteiger partial charge in [0.2, 0.25) is 5.88 Å². The molecule has 1 atom stereocenters. The molecule has 0 amide bonds. The average Bonchev–Trinajstić information content (AvgIpc) is 2.54. The van der Waals surface area contributed by atoms with Crippen LogP contribution in [0, 0.1) is 0 Å². The second kappa shape index (κ2) is 5.27. The summed E-state index contributed by atoms with van der Waals surface area (Å²) in [6, 6.07) is 6.70. The molecule has 0 radical (unpaired) electrons. The van der Waals surface area contributed by atoms with Gasteiger partial charge in [0.1, 0.15) is 6.33 Å². The van der Waals surface area contributed by atoms with Crippen molar-refractivity contribution in [3.05, 3.63) is 46.9 Å². The summed E-state index contributed by atoms with van der Waals surface area (Å²) in [5.74, 6) is 0.772. The van der Waals surface area contributed by atoms with Gasteiger partial charge in [-0.25, -0.2) is 9.97 Å². The molecule has 4 rings (SSSR count). The minimum Gasteiger partial charge on any atom is -0.493 e. The number of benzene rings is 1. The summed E-state index contributed by atoms with van der Waals surface area (Å²) >= 11 is 0. The summed E-state index contributed by atoms with van der Waals surface area (Å²) in [5, 5.41) is 9.88. The molecule has 0 fully saturated rings. The highest BCUT2D eigenvalue weighted by molar-refractivity contribution is 5.60. The summed E-state index contributed by atoms with van der Waals surface area (Å²) in [6.45, 7) is 4.01. The van der Waals surface area contributed by atoms with Crippen molar-refractivity contribution in [2.24, 2.45) is 0 Å². The molecule has 22 heavy (non-hydrogen) atoms. The van der Waals surface area contributed by atoms with Crippen molar-refractivity contribution in [2.45, 2.75) is 45.1 Å². The van der Waals surface area contributed by atoms with Crippen LogP contribution in [0.4, 0.5) is 5.69 Å². The first-order valence-electron chi connectivity index (χ1n) is 8.12. The molecular formula is C18H21N3O. The Hall–Kier alpha value is -2.10. The van der Waals surface area contributed by atoms with Gasteiger partial charge in [-0.3, -0.25) is 0 Å². The van der Waals surface area contributed by atoms with E-state index in [0.29, 0.717) is 5.92 Å². The van der Waals surface area contributed by atoms with E-state index in [1.165, 1.54) is 42.4 Å². The van der Waals surface area contributed by atoms with Gasteiger partial charge in [0.05, 0.1) is 12.2 Å². The molecule has 1 aliphatic carbocycles. The second-order valence-corrected chi connectivity index (χ2v) is 6.44. The van der Waals surface area contributed by atoms with Crippen molar-refractivity contribution in [1.82, 2.24) is 9.97 Å². The van der Waals surface area contributed by atoms with Crippen molar-refractivity contribution < 1.29 is 5.11 Å². The van der Waals surface area contributed by atoms with Crippen LogP contribution in [0.2, 0.25) is 0 Å². The van der Waals surface area contributed by atoms with E-state index >= 15 is 0 Å². The van der Waals surface area contributed by atoms with Crippen molar-refractivity contribution in [3.8, 4) is 5.88 Å². The van der Waals surface area contributed by atoms with Crippen LogP contribution < -0.4 is 4.90 Å². The molecule has 1 N–H and O–H groups in total. The van der Waals surface area contributed by atoms with Crippen LogP contribution in [0.5, 0.6) is 5.88 Å². The van der Waals surface area contributed by atoms with Crippen LogP contribution in [0.1, 0.15) is 48.1 Å². The van der Waals surface area contributed by atoms with Crippen LogP contribution in [0.15, 0.2) is 24.5 Å². The third kappa shape index (κ3) is 2.14. The molecule has 1 unspecified atom stereocenters. The van der Waals surface area contributed by atoms with E-state index in [-0.39, 0.29) is 5.88 Å². The van der Waals surface area contributed by atoms with Crippen LogP contribution in [-0.4, -0.2) is 21.6 Å². The third-order valence-electron chi connectivity index (χ3n) is 5.07. The quantitative estimate of drug-likeness (QED) is 0.878. The van der Waals surface area contributed by atoms with E-state index in [1.807, 2.05) is 0 Å². The first-order chi connectivity index (χ1) is 10.7. The Labute approximate surface area is 130 Å². The molecule has 2 heterocycles. The lowest BCUT2D eigenvalue weighted by molar-refractivity contribution is 0.438. The normalized spacial score (nSPS) is 20.4. The number of hydrogen-bond acceptors (Lipinski definition) is 4. The number of aromatic hydroxyl groups is 1. The number of hydrogen-bond donors (Lipinski definition) is 1. The minimum atomic E-state index is 0.146. The Bertz CT molecular complexity index is 713. The fourth-order valence-electron chi connectivity index (χ4n) is 3.95. The lowest BCUT2D eigenvalue weighted by Crippen LogP contribution is -2.32. The molecule has 2 aromatic rings. The van der Waals surface area contributed by atoms with E-state index in [0.717, 1.165) is 30.8 Å². The van der Waals surface area contributed by atoms with Gasteiger partial charge in [-0.15, -0.1) is 0 Å². The molecular weight excluding hydrogens is 274 g/mol. The molecule has 4 nitrogen and oxygen atoms in total. The summed E-state index contributed by atoms with van der Waals surface area (Å²) in [7, 11) is 0. The number of aromatic nitrogens is 2. The summed E-state index contributed by atoms with van der Waals surface area (Å²) in [4.78, 5) is 10.7. The molecule has 0 saturated carbocycles. The van der Waals surface area contributed by atoms with Gasteiger partial charge in [-0.05, 0) is 48.8 Å². The molecule has 1 aromatic carbocycles. The number of fused-ring (bicyclic) bond motifs is 2. The minimum absolute atomic E-state index is 0.146. The highest BCUT2D eigenvalue weighted by atomic mass is 16.3. The molecule has 1 aromatic heterocycles. The van der Waals surface area contributed by atoms with E-state index in [9.17, 15) is 5.11 Å². The number of anilines is 1. The lowest BCUT2D eigenvalue weighted by Gasteiger charge is -2.35. The SMILES string of the molecule is CC1CCCc2cccc(N3CCc4c(O)ncnc4C3)c21. The molecule has 0 bridgehead atoms. The Morgan fingerprint density at radius 2 is 2.14 bits per heavy atom. The zero-order valence-electron chi connectivity index (χ0n) is 12.9. The summed E-state index contributed by atoms with van der Waals surface area (Å²) in [6.07, 6.45) is 6.03. The highest BCUT2D eigenvalue weighted by Crippen LogP contribution is 2.39. The fraction of sp³-hybridized carbons (Fsp3) is 0.444. The Morgan fingerprint density at radius 1 is 1.23 bits per heavy atom. The first-order valence-corrected chi connectivity index (χ1v) is 8.12. The van der Waals surface area contributed by atoms with E-state index in [2.05, 4.69) is 40.0 Å². The molecule has 1 aliphatic heterocycles. The smallest absolute Gasteiger partial charge is 0.217 e. The standard InChI is InChI=1S/C18H21N3O/c1-12-4-2-5-13-6-3-7-16(17(12)13)21-9-8-14-15(10-21)19-11-20-18(14)22/h3,6-7,11-12H,2,4-5,8-10H2,1H3,(H,19,20,22). The second-order valence-electron chi connectivity index (χ2n) is 6.44. The molecule has 2 aliphatic rings. The third-order valence-corrected chi connectivity index (χ3v) is 5.07. The van der Waals surface area contributed by atoms with Gasteiger partial charge in [0, 0.05) is 17.8 Å². The van der Waals surface area contributed by atoms with E-state index < -0.39 is 0 Å². The van der Waals surface area contributed by atoms with Gasteiger partial charge >= 0.3 is 0 Å². The van der Waals surface area contributed by atoms with Gasteiger partial charge < -0.3 is 10.0 Å². The maximum absolute atomic E-state index is 9.88. The number of rotatable bonds is 1. The highest BCUT2D eigenvalue weighted by Gasteiger charge is 2.26. The predicted molar refractivity (Wildman–Crippen MR) is 86.2 cm³/mol. The van der Waals surface area contributed by atoms with Crippen molar-refractivity contribution >= 4 is 5.69 Å². The van der Waals surface area contributed by atoms with Crippen LogP contribution in [0.3, 0.4) is 0 Å². The summed E-state index contributed by atoms with van der Waals surface area (Å²) < 4.78 is 0. The van der Waals surface area contributed by atoms with Crippen molar-refractivity contribution in [3.63, 3.8) is 0 Å². The van der Waals surface area contributed by atoms with Crippen molar-refractivity contribution in [1.29, 1.82) is 0 Å². The monoisotopic (exact) mass is 295 g/mol. The first kappa shape index (κ1) is 13.6. The molecule has 4 heteroatoms. The van der Waals surface area contributed by atoms with Gasteiger partial charge in [0.25, 0.3) is 0 Å². The van der Waals surface area contributed by atoms with Crippen LogP contribution in [0.25, 0.3) is 0 Å². The Balaban J connectivity index is 1.72. The zero-order valence-corrected chi connectivity index (χ0v) is 12.9. The lowest BCUT2D eigenvalue weighted by atomic mass is 9.82. The largest absolute Gasteiger partial charge is 0.493 e. The van der Waals surface area contributed by atoms with Gasteiger partial charge in [0.15, 0.2) is 0 Å². The molecule has 0 spiro atoms. The van der Waals surface area contributed by atoms with Gasteiger partial charge in [-0.2, -0.15) is 0 Å². The zero-order chi connectivity index (χ0) is 15.1. The van der Waals surface area contributed by atoms with Gasteiger partial charge in [-0.1, -0.05) is 19.1 Å². The Morgan fingerprint density at radius 3 is 3.05 bits per heavy atom. The predicted octanol–water partition coefficient (Wildman–Crippen LogP) is 3.18. The number of aryl methyl sites for hydroxylation is 1. The summed E-state index contributed by atoms with van der Waals surface area (Å²) in [5.41, 5.74) is 6.26. The van der Waals surface area contributed by atoms with E-state index in [1.54, 1.807) is 0 Å². The van der Waals surface area contributed by atoms with Crippen LogP contribution in [-0.2, 0) is 19.4 Å².